The highest BCUT2D eigenvalue weighted by molar-refractivity contribution is 9.10. The van der Waals surface area contributed by atoms with Crippen molar-refractivity contribution in [3.8, 4) is 11.4 Å². The number of aromatic nitrogens is 4. The summed E-state index contributed by atoms with van der Waals surface area (Å²) in [6.45, 7) is 33.6. The van der Waals surface area contributed by atoms with Crippen LogP contribution in [0.3, 0.4) is 0 Å². The molecule has 2 heterocycles. The van der Waals surface area contributed by atoms with E-state index in [1.54, 1.807) is 24.3 Å². The highest BCUT2D eigenvalue weighted by Crippen LogP contribution is 2.56. The predicted molar refractivity (Wildman–Crippen MR) is 354 cm³/mol. The van der Waals surface area contributed by atoms with Crippen LogP contribution in [-0.2, 0) is 39.7 Å². The van der Waals surface area contributed by atoms with Crippen LogP contribution in [0.1, 0.15) is 182 Å². The minimum atomic E-state index is -1.98. The Morgan fingerprint density at radius 2 is 1.05 bits per heavy atom. The van der Waals surface area contributed by atoms with E-state index in [1.807, 2.05) is 21.8 Å². The number of fused-ring (bicyclic) bond motifs is 4. The highest BCUT2D eigenvalue weighted by atomic mass is 79.9. The number of benzene rings is 4. The molecule has 6 aromatic rings. The van der Waals surface area contributed by atoms with E-state index in [4.69, 9.17) is 8.85 Å². The fourth-order valence-electron chi connectivity index (χ4n) is 15.7. The van der Waals surface area contributed by atoms with Crippen molar-refractivity contribution >= 4 is 59.1 Å². The zero-order chi connectivity index (χ0) is 61.1. The average molecular weight is 1260 g/mol. The fourth-order valence-corrected chi connectivity index (χ4v) is 27.0. The molecule has 4 aliphatic carbocycles. The number of allylic oxidation sites excluding steroid dienone is 2. The Labute approximate surface area is 520 Å². The number of hydrogen-bond donors (Lipinski definition) is 2. The van der Waals surface area contributed by atoms with Crippen molar-refractivity contribution in [2.45, 2.75) is 201 Å². The summed E-state index contributed by atoms with van der Waals surface area (Å²) < 4.78 is 45.0. The Morgan fingerprint density at radius 1 is 0.635 bits per heavy atom. The monoisotopic (exact) mass is 1260 g/mol. The van der Waals surface area contributed by atoms with Crippen molar-refractivity contribution in [3.05, 3.63) is 176 Å². The second-order valence-electron chi connectivity index (χ2n) is 26.7. The lowest BCUT2D eigenvalue weighted by atomic mass is 9.57. The van der Waals surface area contributed by atoms with Gasteiger partial charge in [0.25, 0.3) is 0 Å². The van der Waals surface area contributed by atoms with Crippen LogP contribution in [0.15, 0.2) is 125 Å². The zero-order valence-corrected chi connectivity index (χ0v) is 56.5. The van der Waals surface area contributed by atoms with Gasteiger partial charge in [0.05, 0.1) is 60.4 Å². The van der Waals surface area contributed by atoms with Crippen LogP contribution in [0.5, 0.6) is 0 Å². The Balaban J connectivity index is 0.000000223. The Bertz CT molecular complexity index is 3250. The standard InChI is InChI=1S/C35H47FN2O2Si.C19H19FN2O2.C16H27BrOSi.B.H2/c1-23(2)41(24(3)4,25(5)6)40-22-26-10-8-11-27(18-26)34(39)32-13-9-12-29-19-33-28(20-35(29,32)7)21-37-38(33)31-16-14-30(36)15-17-31;1-19-10-12-11-21-22(15-7-5-14(20)6-8-15)17(12)9-13(19)3-2-4-16(19)18(23)24;1-12(2)19(13(3)4,14(5)6)18-11-15-8-7-9-16(17)10-15;;/h8,10-11,14-19,21,23-25,32,34,39H,9,12-13,20,22H2,1-7H3;5-9,11,16H,2-4,10H2,1H3,(H,23,24);7-10,12-14H,11H2,1-6H3;;1H/t32-,34+,35+;16-,19+;;;/m11.../s1. The van der Waals surface area contributed by atoms with Gasteiger partial charge in [0.2, 0.25) is 16.6 Å². The number of aliphatic hydroxyl groups is 1. The predicted octanol–water partition coefficient (Wildman–Crippen LogP) is 19.0. The van der Waals surface area contributed by atoms with Gasteiger partial charge in [-0.2, -0.15) is 10.2 Å². The molecule has 0 aliphatic heterocycles. The molecule has 85 heavy (non-hydrogen) atoms. The maximum atomic E-state index is 13.5. The fraction of sp³-hybridized carbons (Fsp3) is 0.500. The Hall–Kier alpha value is -5.03. The summed E-state index contributed by atoms with van der Waals surface area (Å²) in [5.41, 5.74) is 15.0. The van der Waals surface area contributed by atoms with Gasteiger partial charge in [-0.25, -0.2) is 18.1 Å². The number of aliphatic carboxylic acids is 1. The molecule has 3 radical (unpaired) electrons. The molecule has 2 saturated carbocycles. The molecule has 4 aliphatic rings. The number of carbonyl (C=O) groups is 1. The van der Waals surface area contributed by atoms with E-state index in [0.717, 1.165) is 95.5 Å². The summed E-state index contributed by atoms with van der Waals surface area (Å²) in [6, 6.07) is 29.7. The molecule has 457 valence electrons. The van der Waals surface area contributed by atoms with Crippen molar-refractivity contribution in [2.75, 3.05) is 0 Å². The highest BCUT2D eigenvalue weighted by Gasteiger charge is 2.49. The molecular weight excluding hydrogens is 1160 g/mol. The number of rotatable bonds is 17. The van der Waals surface area contributed by atoms with Gasteiger partial charge in [0.1, 0.15) is 11.6 Å². The van der Waals surface area contributed by atoms with E-state index < -0.39 is 28.7 Å². The normalized spacial score (nSPS) is 20.5. The molecule has 0 unspecified atom stereocenters. The number of carboxylic acids is 1. The molecule has 9 nitrogen and oxygen atoms in total. The molecule has 0 bridgehead atoms. The molecule has 10 rings (SSSR count). The summed E-state index contributed by atoms with van der Waals surface area (Å²) in [5.74, 6) is -1.47. The summed E-state index contributed by atoms with van der Waals surface area (Å²) in [4.78, 5) is 11.7. The largest absolute Gasteiger partial charge is 0.481 e. The molecule has 0 spiro atoms. The van der Waals surface area contributed by atoms with Crippen molar-refractivity contribution in [1.29, 1.82) is 0 Å². The Kier molecular flexibility index (Phi) is 22.2. The Morgan fingerprint density at radius 3 is 1.48 bits per heavy atom. The quantitative estimate of drug-likeness (QED) is 0.0875. The first-order valence-corrected chi connectivity index (χ1v) is 35.9. The summed E-state index contributed by atoms with van der Waals surface area (Å²) in [5, 5.41) is 30.7. The first-order chi connectivity index (χ1) is 39.8. The summed E-state index contributed by atoms with van der Waals surface area (Å²) >= 11 is 3.53. The lowest BCUT2D eigenvalue weighted by Gasteiger charge is -2.47. The van der Waals surface area contributed by atoms with Crippen molar-refractivity contribution in [3.63, 3.8) is 0 Å². The second-order valence-corrected chi connectivity index (χ2v) is 38.6. The lowest BCUT2D eigenvalue weighted by Crippen LogP contribution is -2.47. The maximum absolute atomic E-state index is 13.5. The zero-order valence-electron chi connectivity index (χ0n) is 52.9. The third kappa shape index (κ3) is 14.0. The van der Waals surface area contributed by atoms with Crippen LogP contribution in [0.2, 0.25) is 33.2 Å². The van der Waals surface area contributed by atoms with Crippen LogP contribution in [0, 0.1) is 34.3 Å². The third-order valence-electron chi connectivity index (χ3n) is 19.9. The van der Waals surface area contributed by atoms with Crippen molar-refractivity contribution in [2.24, 2.45) is 22.7 Å². The van der Waals surface area contributed by atoms with E-state index in [9.17, 15) is 23.8 Å². The smallest absolute Gasteiger partial charge is 0.307 e. The third-order valence-corrected chi connectivity index (χ3v) is 32.5. The van der Waals surface area contributed by atoms with Crippen LogP contribution in [0.25, 0.3) is 23.5 Å². The van der Waals surface area contributed by atoms with Crippen molar-refractivity contribution < 1.29 is 34.1 Å². The molecule has 15 heteroatoms. The minimum Gasteiger partial charge on any atom is -0.481 e. The number of nitrogens with zero attached hydrogens (tertiary/aromatic N) is 4. The first kappa shape index (κ1) is 67.5. The SMILES string of the molecule is CC(C)[Si](OCc1cccc(Br)c1)(C(C)C)C(C)C.CC(C)[Si](OCc1cccc([C@H](O)[C@H]2CCCC3=Cc4c(cnn4-c4ccc(F)cc4)C[C@@]32C)c1)(C(C)C)C(C)C.C[C@]12Cc3cnn(-c4ccc(F)cc4)c3C=C1CCC[C@@H]2C(=O)O.[B].[HH]. The van der Waals surface area contributed by atoms with Crippen molar-refractivity contribution in [1.82, 2.24) is 19.6 Å². The topological polar surface area (TPSA) is 112 Å². The number of carboxylic acid groups (broad SMARTS) is 1. The molecule has 0 saturated heterocycles. The molecular formula is C70H95BBrF2N4O5Si2. The molecule has 5 atom stereocenters. The summed E-state index contributed by atoms with van der Waals surface area (Å²) in [7, 11) is -3.72. The number of halogens is 3. The van der Waals surface area contributed by atoms with Crippen LogP contribution in [-0.4, -0.2) is 60.8 Å². The number of aliphatic hydroxyl groups excluding tert-OH is 1. The van der Waals surface area contributed by atoms with Gasteiger partial charge < -0.3 is 19.1 Å². The number of hydrogen-bond acceptors (Lipinski definition) is 6. The van der Waals surface area contributed by atoms with Gasteiger partial charge in [-0.05, 0) is 197 Å². The summed E-state index contributed by atoms with van der Waals surface area (Å²) in [6.07, 6.45) is 14.7. The molecule has 2 N–H and O–H groups in total. The van der Waals surface area contributed by atoms with E-state index in [2.05, 4.69) is 184 Å². The van der Waals surface area contributed by atoms with Crippen LogP contribution in [0.4, 0.5) is 8.78 Å². The van der Waals surface area contributed by atoms with Gasteiger partial charge in [-0.3, -0.25) is 4.79 Å². The van der Waals surface area contributed by atoms with Crippen LogP contribution < -0.4 is 0 Å². The molecule has 4 aromatic carbocycles. The molecule has 2 fully saturated rings. The van der Waals surface area contributed by atoms with Gasteiger partial charge in [-0.15, -0.1) is 0 Å². The van der Waals surface area contributed by atoms with Gasteiger partial charge in [0, 0.05) is 19.7 Å². The second kappa shape index (κ2) is 28.0. The van der Waals surface area contributed by atoms with E-state index in [0.29, 0.717) is 46.3 Å². The van der Waals surface area contributed by atoms with Gasteiger partial charge in [0.15, 0.2) is 0 Å². The van der Waals surface area contributed by atoms with E-state index in [1.165, 1.54) is 46.5 Å². The van der Waals surface area contributed by atoms with E-state index >= 15 is 0 Å². The molecule has 0 amide bonds. The minimum absolute atomic E-state index is 0. The van der Waals surface area contributed by atoms with E-state index in [-0.39, 0.29) is 44.1 Å². The maximum Gasteiger partial charge on any atom is 0.307 e. The lowest BCUT2D eigenvalue weighted by molar-refractivity contribution is -0.146. The average Bonchev–Trinajstić information content (AvgIpc) is 1.44. The first-order valence-electron chi connectivity index (χ1n) is 30.9. The molecule has 2 aromatic heterocycles. The van der Waals surface area contributed by atoms with Gasteiger partial charge in [-0.1, -0.05) is 160 Å². The van der Waals surface area contributed by atoms with Gasteiger partial charge >= 0.3 is 5.97 Å². The van der Waals surface area contributed by atoms with Crippen LogP contribution >= 0.6 is 15.9 Å².